The van der Waals surface area contributed by atoms with Gasteiger partial charge in [0.15, 0.2) is 0 Å². The van der Waals surface area contributed by atoms with Crippen LogP contribution < -0.4 is 10.6 Å². The van der Waals surface area contributed by atoms with Crippen molar-refractivity contribution in [3.8, 4) is 0 Å². The quantitative estimate of drug-likeness (QED) is 0.633. The first-order valence-corrected chi connectivity index (χ1v) is 6.80. The minimum absolute atomic E-state index is 0.0240. The third-order valence-electron chi connectivity index (χ3n) is 3.91. The number of hydrogen-bond donors (Lipinski definition) is 2. The predicted molar refractivity (Wildman–Crippen MR) is 72.5 cm³/mol. The van der Waals surface area contributed by atoms with Crippen molar-refractivity contribution in [1.82, 2.24) is 20.4 Å². The molecule has 0 radical (unpaired) electrons. The van der Waals surface area contributed by atoms with Crippen LogP contribution in [-0.2, 0) is 4.79 Å². The molecular weight excluding hydrogens is 228 g/mol. The monoisotopic (exact) mass is 252 g/mol. The van der Waals surface area contributed by atoms with Crippen molar-refractivity contribution < 1.29 is 4.79 Å². The number of amides is 1. The van der Waals surface area contributed by atoms with E-state index in [1.165, 1.54) is 0 Å². The summed E-state index contributed by atoms with van der Waals surface area (Å²) in [6.45, 7) is 12.6. The Balaban J connectivity index is 1.70. The van der Waals surface area contributed by atoms with Crippen LogP contribution >= 0.6 is 0 Å². The summed E-state index contributed by atoms with van der Waals surface area (Å²) in [5, 5.41) is 6.22. The highest BCUT2D eigenvalue weighted by molar-refractivity contribution is 5.81. The third-order valence-corrected chi connectivity index (χ3v) is 3.91. The first-order chi connectivity index (χ1) is 8.72. The maximum atomic E-state index is 11.8. The lowest BCUT2D eigenvalue weighted by Crippen LogP contribution is -2.66. The molecule has 102 valence electrons. The molecule has 5 heteroatoms. The molecule has 0 spiro atoms. The molecular formula is C13H24N4O. The molecule has 0 aliphatic carbocycles. The maximum absolute atomic E-state index is 11.8. The van der Waals surface area contributed by atoms with Gasteiger partial charge in [-0.1, -0.05) is 6.08 Å². The number of likely N-dealkylation sites (tertiary alicyclic amines) is 1. The molecule has 2 heterocycles. The fourth-order valence-corrected chi connectivity index (χ4v) is 2.57. The molecule has 2 aliphatic heterocycles. The number of nitrogens with zero attached hydrogens (tertiary/aromatic N) is 2. The topological polar surface area (TPSA) is 47.6 Å². The molecule has 1 atom stereocenters. The van der Waals surface area contributed by atoms with Gasteiger partial charge in [-0.25, -0.2) is 0 Å². The van der Waals surface area contributed by atoms with Gasteiger partial charge < -0.3 is 10.6 Å². The van der Waals surface area contributed by atoms with E-state index in [1.807, 2.05) is 6.92 Å². The lowest BCUT2D eigenvalue weighted by Gasteiger charge is -2.48. The molecule has 0 bridgehead atoms. The fraction of sp³-hybridized carbons (Fsp3) is 0.769. The maximum Gasteiger partial charge on any atom is 0.237 e. The van der Waals surface area contributed by atoms with E-state index in [0.717, 1.165) is 39.3 Å². The van der Waals surface area contributed by atoms with Crippen LogP contribution in [0.2, 0.25) is 0 Å². The standard InChI is InChI=1S/C13H24N4O/c1-3-4-15-13(18)11(2)17-9-12(10-17)16-7-5-14-6-8-16/h3,11-12,14H,1,4-10H2,2H3,(H,15,18). The summed E-state index contributed by atoms with van der Waals surface area (Å²) >= 11 is 0. The normalized spacial score (nSPS) is 24.3. The highest BCUT2D eigenvalue weighted by Crippen LogP contribution is 2.18. The van der Waals surface area contributed by atoms with Gasteiger partial charge in [0.2, 0.25) is 5.91 Å². The molecule has 1 amide bonds. The van der Waals surface area contributed by atoms with Gasteiger partial charge in [-0.3, -0.25) is 14.6 Å². The molecule has 18 heavy (non-hydrogen) atoms. The van der Waals surface area contributed by atoms with E-state index in [1.54, 1.807) is 6.08 Å². The minimum Gasteiger partial charge on any atom is -0.351 e. The number of nitrogens with one attached hydrogen (secondary N) is 2. The van der Waals surface area contributed by atoms with Crippen LogP contribution in [0.3, 0.4) is 0 Å². The Bertz CT molecular complexity index is 295. The first kappa shape index (κ1) is 13.5. The van der Waals surface area contributed by atoms with E-state index in [9.17, 15) is 4.79 Å². The zero-order chi connectivity index (χ0) is 13.0. The van der Waals surface area contributed by atoms with Crippen molar-refractivity contribution in [2.24, 2.45) is 0 Å². The van der Waals surface area contributed by atoms with Crippen LogP contribution in [0.5, 0.6) is 0 Å². The van der Waals surface area contributed by atoms with Crippen LogP contribution in [0.25, 0.3) is 0 Å². The van der Waals surface area contributed by atoms with Gasteiger partial charge in [0.1, 0.15) is 0 Å². The first-order valence-electron chi connectivity index (χ1n) is 6.80. The Hall–Kier alpha value is -0.910. The van der Waals surface area contributed by atoms with Crippen LogP contribution in [0.4, 0.5) is 0 Å². The smallest absolute Gasteiger partial charge is 0.237 e. The van der Waals surface area contributed by atoms with Crippen LogP contribution in [0.1, 0.15) is 6.92 Å². The molecule has 2 aliphatic rings. The Morgan fingerprint density at radius 3 is 2.78 bits per heavy atom. The number of carbonyl (C=O) groups is 1. The minimum atomic E-state index is -0.0240. The van der Waals surface area contributed by atoms with Crippen molar-refractivity contribution >= 4 is 5.91 Å². The van der Waals surface area contributed by atoms with Crippen molar-refractivity contribution in [3.05, 3.63) is 12.7 Å². The molecule has 5 nitrogen and oxygen atoms in total. The van der Waals surface area contributed by atoms with Gasteiger partial charge in [0.25, 0.3) is 0 Å². The van der Waals surface area contributed by atoms with E-state index in [2.05, 4.69) is 27.0 Å². The summed E-state index contributed by atoms with van der Waals surface area (Å²) in [7, 11) is 0. The van der Waals surface area contributed by atoms with E-state index in [0.29, 0.717) is 12.6 Å². The SMILES string of the molecule is C=CCNC(=O)C(C)N1CC(N2CCNCC2)C1. The Morgan fingerprint density at radius 2 is 2.17 bits per heavy atom. The Kier molecular flexibility index (Phi) is 4.74. The molecule has 0 aromatic carbocycles. The van der Waals surface area contributed by atoms with Crippen LogP contribution in [-0.4, -0.2) is 73.6 Å². The van der Waals surface area contributed by atoms with E-state index in [-0.39, 0.29) is 11.9 Å². The average Bonchev–Trinajstić information content (AvgIpc) is 2.35. The Labute approximate surface area is 109 Å². The number of hydrogen-bond acceptors (Lipinski definition) is 4. The molecule has 2 rings (SSSR count). The van der Waals surface area contributed by atoms with Gasteiger partial charge in [-0.05, 0) is 6.92 Å². The third kappa shape index (κ3) is 3.10. The highest BCUT2D eigenvalue weighted by atomic mass is 16.2. The number of piperazine rings is 1. The molecule has 2 N–H and O–H groups in total. The van der Waals surface area contributed by atoms with Gasteiger partial charge in [0, 0.05) is 51.9 Å². The lowest BCUT2D eigenvalue weighted by molar-refractivity contribution is -0.128. The largest absolute Gasteiger partial charge is 0.351 e. The molecule has 0 saturated carbocycles. The van der Waals surface area contributed by atoms with Crippen molar-refractivity contribution in [2.45, 2.75) is 19.0 Å². The van der Waals surface area contributed by atoms with Gasteiger partial charge in [-0.15, -0.1) is 6.58 Å². The van der Waals surface area contributed by atoms with Crippen molar-refractivity contribution in [3.63, 3.8) is 0 Å². The second kappa shape index (κ2) is 6.31. The van der Waals surface area contributed by atoms with E-state index >= 15 is 0 Å². The van der Waals surface area contributed by atoms with E-state index in [4.69, 9.17) is 0 Å². The van der Waals surface area contributed by atoms with Gasteiger partial charge in [-0.2, -0.15) is 0 Å². The molecule has 0 aromatic heterocycles. The highest BCUT2D eigenvalue weighted by Gasteiger charge is 2.36. The summed E-state index contributed by atoms with van der Waals surface area (Å²) in [5.74, 6) is 0.105. The summed E-state index contributed by atoms with van der Waals surface area (Å²) in [6.07, 6.45) is 1.71. The molecule has 2 saturated heterocycles. The van der Waals surface area contributed by atoms with Crippen molar-refractivity contribution in [1.29, 1.82) is 0 Å². The van der Waals surface area contributed by atoms with Crippen molar-refractivity contribution in [2.75, 3.05) is 45.8 Å². The summed E-state index contributed by atoms with van der Waals surface area (Å²) in [6, 6.07) is 0.617. The fourth-order valence-electron chi connectivity index (χ4n) is 2.57. The second-order valence-electron chi connectivity index (χ2n) is 5.10. The molecule has 2 fully saturated rings. The second-order valence-corrected chi connectivity index (χ2v) is 5.10. The number of rotatable bonds is 5. The Morgan fingerprint density at radius 1 is 1.50 bits per heavy atom. The number of carbonyl (C=O) groups excluding carboxylic acids is 1. The average molecular weight is 252 g/mol. The van der Waals surface area contributed by atoms with Gasteiger partial charge >= 0.3 is 0 Å². The summed E-state index contributed by atoms with van der Waals surface area (Å²) in [5.41, 5.74) is 0. The van der Waals surface area contributed by atoms with Gasteiger partial charge in [0.05, 0.1) is 6.04 Å². The molecule has 1 unspecified atom stereocenters. The zero-order valence-corrected chi connectivity index (χ0v) is 11.2. The molecule has 0 aromatic rings. The van der Waals surface area contributed by atoms with Crippen LogP contribution in [0.15, 0.2) is 12.7 Å². The van der Waals surface area contributed by atoms with Crippen LogP contribution in [0, 0.1) is 0 Å². The predicted octanol–water partition coefficient (Wildman–Crippen LogP) is -0.733. The zero-order valence-electron chi connectivity index (χ0n) is 11.2. The summed E-state index contributed by atoms with van der Waals surface area (Å²) in [4.78, 5) is 16.6. The summed E-state index contributed by atoms with van der Waals surface area (Å²) < 4.78 is 0. The van der Waals surface area contributed by atoms with E-state index < -0.39 is 0 Å². The lowest BCUT2D eigenvalue weighted by atomic mass is 10.0.